The van der Waals surface area contributed by atoms with Gasteiger partial charge in [0, 0.05) is 23.1 Å². The van der Waals surface area contributed by atoms with E-state index in [1.54, 1.807) is 48.5 Å². The summed E-state index contributed by atoms with van der Waals surface area (Å²) in [6.07, 6.45) is -6.86. The van der Waals surface area contributed by atoms with Crippen molar-refractivity contribution >= 4 is 29.1 Å². The molecule has 3 amide bonds. The minimum absolute atomic E-state index is 0.167. The first kappa shape index (κ1) is 29.3. The van der Waals surface area contributed by atoms with Crippen LogP contribution in [0.5, 0.6) is 5.75 Å². The number of amides is 3. The molecule has 1 aliphatic rings. The number of aromatic nitrogens is 1. The van der Waals surface area contributed by atoms with Crippen LogP contribution in [0, 0.1) is 12.8 Å². The number of benzodiazepines with no additional fused rings is 1. The first-order valence-electron chi connectivity index (χ1n) is 12.7. The zero-order chi connectivity index (χ0) is 29.7. The Hall–Kier alpha value is -4.68. The molecule has 3 unspecified atom stereocenters. The molecule has 10 nitrogen and oxygen atoms in total. The largest absolute Gasteiger partial charge is 0.495 e. The third kappa shape index (κ3) is 6.73. The third-order valence-electron chi connectivity index (χ3n) is 6.73. The maximum Gasteiger partial charge on any atom is 0.389 e. The fourth-order valence-corrected chi connectivity index (χ4v) is 4.78. The molecule has 216 valence electrons. The zero-order valence-corrected chi connectivity index (χ0v) is 22.2. The first-order chi connectivity index (χ1) is 19.5. The van der Waals surface area contributed by atoms with Crippen molar-refractivity contribution in [3.8, 4) is 5.75 Å². The van der Waals surface area contributed by atoms with Crippen molar-refractivity contribution < 1.29 is 36.8 Å². The predicted octanol–water partition coefficient (Wildman–Crippen LogP) is 3.84. The van der Waals surface area contributed by atoms with Crippen molar-refractivity contribution in [2.24, 2.45) is 16.6 Å². The Morgan fingerprint density at radius 3 is 2.51 bits per heavy atom. The van der Waals surface area contributed by atoms with Crippen molar-refractivity contribution in [2.45, 2.75) is 44.4 Å². The average molecular weight is 572 g/mol. The predicted molar refractivity (Wildman–Crippen MR) is 142 cm³/mol. The number of carbonyl (C=O) groups is 3. The van der Waals surface area contributed by atoms with Crippen molar-refractivity contribution in [2.75, 3.05) is 12.4 Å². The Balaban J connectivity index is 1.73. The van der Waals surface area contributed by atoms with E-state index in [2.05, 4.69) is 20.8 Å². The summed E-state index contributed by atoms with van der Waals surface area (Å²) in [6, 6.07) is 14.0. The van der Waals surface area contributed by atoms with Gasteiger partial charge < -0.3 is 25.6 Å². The Bertz CT molecular complexity index is 1450. The lowest BCUT2D eigenvalue weighted by Crippen LogP contribution is -2.47. The summed E-state index contributed by atoms with van der Waals surface area (Å²) in [6.45, 7) is 1.51. The number of halogens is 3. The van der Waals surface area contributed by atoms with Gasteiger partial charge in [-0.1, -0.05) is 47.6 Å². The molecule has 41 heavy (non-hydrogen) atoms. The van der Waals surface area contributed by atoms with Crippen LogP contribution in [0.15, 0.2) is 64.3 Å². The first-order valence-corrected chi connectivity index (χ1v) is 12.7. The van der Waals surface area contributed by atoms with Crippen LogP contribution in [0.25, 0.3) is 0 Å². The highest BCUT2D eigenvalue weighted by Crippen LogP contribution is 2.35. The second-order valence-electron chi connectivity index (χ2n) is 9.48. The standard InChI is InChI=1S/C28H28F3N5O5/c1-15-19(14-41-36-15)21(24(32)37)17(11-7-13-28(29,30)31)26(38)35-25-27(39)34-23-18(10-6-12-20(23)40-2)22(33-25)16-8-4-3-5-9-16/h3-6,8-10,12,14,17,21,25H,7,11,13H2,1-2H3,(H2,32,37)(H,34,39)(H,35,38). The van der Waals surface area contributed by atoms with Crippen LogP contribution in [0.2, 0.25) is 0 Å². The van der Waals surface area contributed by atoms with E-state index in [0.717, 1.165) is 6.26 Å². The Kier molecular flexibility index (Phi) is 8.74. The number of ether oxygens (including phenoxy) is 1. The molecule has 1 aromatic heterocycles. The number of aliphatic imine (C=N–C) groups is 1. The number of anilines is 1. The molecule has 0 fully saturated rings. The van der Waals surface area contributed by atoms with Gasteiger partial charge in [-0.05, 0) is 25.8 Å². The van der Waals surface area contributed by atoms with E-state index in [1.165, 1.54) is 14.0 Å². The van der Waals surface area contributed by atoms with Gasteiger partial charge >= 0.3 is 6.18 Å². The zero-order valence-electron chi connectivity index (χ0n) is 22.2. The average Bonchev–Trinajstić information content (AvgIpc) is 3.28. The molecule has 13 heteroatoms. The SMILES string of the molecule is COc1cccc2c1NC(=O)C(NC(=O)C(CCCC(F)(F)F)C(C(N)=O)c1conc1C)N=C2c1ccccc1. The number of aryl methyl sites for hydroxylation is 1. The maximum absolute atomic E-state index is 13.7. The molecule has 2 heterocycles. The topological polar surface area (TPSA) is 149 Å². The number of alkyl halides is 3. The fourth-order valence-electron chi connectivity index (χ4n) is 4.78. The van der Waals surface area contributed by atoms with E-state index in [-0.39, 0.29) is 17.7 Å². The normalized spacial score (nSPS) is 16.5. The summed E-state index contributed by atoms with van der Waals surface area (Å²) in [5.41, 5.74) is 7.90. The van der Waals surface area contributed by atoms with Crippen molar-refractivity contribution in [3.05, 3.63) is 77.2 Å². The van der Waals surface area contributed by atoms with Crippen LogP contribution < -0.4 is 21.1 Å². The summed E-state index contributed by atoms with van der Waals surface area (Å²) < 4.78 is 49.2. The summed E-state index contributed by atoms with van der Waals surface area (Å²) in [4.78, 5) is 44.2. The molecule has 0 saturated carbocycles. The smallest absolute Gasteiger partial charge is 0.389 e. The van der Waals surface area contributed by atoms with Gasteiger partial charge in [0.05, 0.1) is 36.0 Å². The Morgan fingerprint density at radius 1 is 1.17 bits per heavy atom. The summed E-state index contributed by atoms with van der Waals surface area (Å²) in [7, 11) is 1.44. The number of methoxy groups -OCH3 is 1. The number of hydrogen-bond donors (Lipinski definition) is 3. The number of carbonyl (C=O) groups excluding carboxylic acids is 3. The number of nitrogens with zero attached hydrogens (tertiary/aromatic N) is 2. The highest BCUT2D eigenvalue weighted by molar-refractivity contribution is 6.20. The molecule has 0 saturated heterocycles. The second-order valence-corrected chi connectivity index (χ2v) is 9.48. The number of hydrogen-bond acceptors (Lipinski definition) is 7. The second kappa shape index (κ2) is 12.2. The molecule has 3 aromatic rings. The highest BCUT2D eigenvalue weighted by Gasteiger charge is 2.39. The maximum atomic E-state index is 13.7. The van der Waals surface area contributed by atoms with Gasteiger partial charge in [0.2, 0.25) is 18.0 Å². The summed E-state index contributed by atoms with van der Waals surface area (Å²) >= 11 is 0. The molecule has 4 N–H and O–H groups in total. The van der Waals surface area contributed by atoms with Crippen molar-refractivity contribution in [1.82, 2.24) is 10.5 Å². The number of benzene rings is 2. The minimum Gasteiger partial charge on any atom is -0.495 e. The molecule has 2 aromatic carbocycles. The number of para-hydroxylation sites is 1. The van der Waals surface area contributed by atoms with E-state index in [9.17, 15) is 27.6 Å². The number of primary amides is 1. The van der Waals surface area contributed by atoms with Gasteiger partial charge in [-0.25, -0.2) is 4.99 Å². The van der Waals surface area contributed by atoms with E-state index in [4.69, 9.17) is 15.0 Å². The Morgan fingerprint density at radius 2 is 1.90 bits per heavy atom. The Labute approximate surface area is 233 Å². The molecule has 0 aliphatic carbocycles. The van der Waals surface area contributed by atoms with E-state index < -0.39 is 54.7 Å². The van der Waals surface area contributed by atoms with Gasteiger partial charge in [-0.3, -0.25) is 14.4 Å². The quantitative estimate of drug-likeness (QED) is 0.337. The molecule has 0 spiro atoms. The number of nitrogens with two attached hydrogens (primary N) is 1. The molecular formula is C28H28F3N5O5. The number of nitrogens with one attached hydrogen (secondary N) is 2. The van der Waals surface area contributed by atoms with Crippen LogP contribution in [0.1, 0.15) is 47.6 Å². The molecule has 0 radical (unpaired) electrons. The van der Waals surface area contributed by atoms with Gasteiger partial charge in [0.1, 0.15) is 12.0 Å². The van der Waals surface area contributed by atoms with Gasteiger partial charge in [-0.2, -0.15) is 13.2 Å². The fraction of sp³-hybridized carbons (Fsp3) is 0.321. The van der Waals surface area contributed by atoms with E-state index in [0.29, 0.717) is 28.3 Å². The number of rotatable bonds is 10. The molecule has 3 atom stereocenters. The lowest BCUT2D eigenvalue weighted by atomic mass is 9.81. The molecular weight excluding hydrogens is 543 g/mol. The van der Waals surface area contributed by atoms with Crippen LogP contribution in [-0.2, 0) is 14.4 Å². The lowest BCUT2D eigenvalue weighted by molar-refractivity contribution is -0.139. The van der Waals surface area contributed by atoms with Crippen LogP contribution >= 0.6 is 0 Å². The number of fused-ring (bicyclic) bond motifs is 1. The minimum atomic E-state index is -4.47. The van der Waals surface area contributed by atoms with Crippen LogP contribution in [-0.4, -0.2) is 48.0 Å². The lowest BCUT2D eigenvalue weighted by Gasteiger charge is -2.25. The molecule has 0 bridgehead atoms. The van der Waals surface area contributed by atoms with Crippen LogP contribution in [0.4, 0.5) is 18.9 Å². The molecule has 1 aliphatic heterocycles. The van der Waals surface area contributed by atoms with E-state index >= 15 is 0 Å². The van der Waals surface area contributed by atoms with E-state index in [1.807, 2.05) is 0 Å². The highest BCUT2D eigenvalue weighted by atomic mass is 19.4. The van der Waals surface area contributed by atoms with Gasteiger partial charge in [-0.15, -0.1) is 0 Å². The molecule has 4 rings (SSSR count). The summed E-state index contributed by atoms with van der Waals surface area (Å²) in [5, 5.41) is 8.97. The monoisotopic (exact) mass is 571 g/mol. The third-order valence-corrected chi connectivity index (χ3v) is 6.73. The van der Waals surface area contributed by atoms with Crippen molar-refractivity contribution in [1.29, 1.82) is 0 Å². The summed E-state index contributed by atoms with van der Waals surface area (Å²) in [5.74, 6) is -4.95. The van der Waals surface area contributed by atoms with Crippen molar-refractivity contribution in [3.63, 3.8) is 0 Å². The van der Waals surface area contributed by atoms with Crippen LogP contribution in [0.3, 0.4) is 0 Å². The van der Waals surface area contributed by atoms with Gasteiger partial charge in [0.15, 0.2) is 0 Å². The van der Waals surface area contributed by atoms with Gasteiger partial charge in [0.25, 0.3) is 5.91 Å².